The third-order valence-corrected chi connectivity index (χ3v) is 2.80. The third kappa shape index (κ3) is 5.57. The van der Waals surface area contributed by atoms with Crippen LogP contribution < -0.4 is 0 Å². The summed E-state index contributed by atoms with van der Waals surface area (Å²) < 4.78 is 5.75. The third-order valence-electron chi connectivity index (χ3n) is 2.80. The fraction of sp³-hybridized carbons (Fsp3) is 0.200. The van der Waals surface area contributed by atoms with Gasteiger partial charge in [-0.05, 0) is 38.1 Å². The standard InChI is InChI=1S/C20H18O/c1-17(13-15-19-9-5-3-6-10-19)21-18(2)14-16-20-11-7-4-8-12-20/h3-12,17-18H,1-2H3. The van der Waals surface area contributed by atoms with E-state index < -0.39 is 0 Å². The normalized spacial score (nSPS) is 12.3. The molecule has 0 saturated carbocycles. The first-order valence-corrected chi connectivity index (χ1v) is 7.02. The molecular formula is C20H18O. The van der Waals surface area contributed by atoms with Crippen molar-refractivity contribution in [3.8, 4) is 23.7 Å². The van der Waals surface area contributed by atoms with Gasteiger partial charge < -0.3 is 4.74 Å². The number of rotatable bonds is 2. The van der Waals surface area contributed by atoms with Crippen LogP contribution in [0.1, 0.15) is 25.0 Å². The molecule has 0 aliphatic heterocycles. The van der Waals surface area contributed by atoms with Gasteiger partial charge >= 0.3 is 0 Å². The van der Waals surface area contributed by atoms with Crippen LogP contribution in [0, 0.1) is 23.7 Å². The van der Waals surface area contributed by atoms with Crippen LogP contribution in [0.15, 0.2) is 60.7 Å². The molecule has 0 saturated heterocycles. The van der Waals surface area contributed by atoms with Gasteiger partial charge in [0.15, 0.2) is 0 Å². The van der Waals surface area contributed by atoms with Crippen molar-refractivity contribution >= 4 is 0 Å². The molecule has 0 aliphatic carbocycles. The summed E-state index contributed by atoms with van der Waals surface area (Å²) in [4.78, 5) is 0. The molecule has 0 heterocycles. The molecule has 0 fully saturated rings. The van der Waals surface area contributed by atoms with E-state index >= 15 is 0 Å². The van der Waals surface area contributed by atoms with Crippen LogP contribution in [0.5, 0.6) is 0 Å². The molecule has 2 atom stereocenters. The van der Waals surface area contributed by atoms with E-state index in [1.165, 1.54) is 0 Å². The summed E-state index contributed by atoms with van der Waals surface area (Å²) in [5.41, 5.74) is 1.99. The second-order valence-electron chi connectivity index (χ2n) is 4.69. The van der Waals surface area contributed by atoms with Crippen molar-refractivity contribution in [2.24, 2.45) is 0 Å². The van der Waals surface area contributed by atoms with Crippen LogP contribution in [0.4, 0.5) is 0 Å². The highest BCUT2D eigenvalue weighted by molar-refractivity contribution is 5.35. The van der Waals surface area contributed by atoms with E-state index in [-0.39, 0.29) is 12.2 Å². The zero-order valence-corrected chi connectivity index (χ0v) is 12.3. The summed E-state index contributed by atoms with van der Waals surface area (Å²) in [5, 5.41) is 0. The van der Waals surface area contributed by atoms with Gasteiger partial charge in [0.05, 0.1) is 0 Å². The lowest BCUT2D eigenvalue weighted by molar-refractivity contribution is 0.0743. The number of benzene rings is 2. The summed E-state index contributed by atoms with van der Waals surface area (Å²) in [7, 11) is 0. The van der Waals surface area contributed by atoms with E-state index in [4.69, 9.17) is 4.74 Å². The molecule has 1 nitrogen and oxygen atoms in total. The van der Waals surface area contributed by atoms with Crippen molar-refractivity contribution in [1.82, 2.24) is 0 Å². The van der Waals surface area contributed by atoms with E-state index in [0.717, 1.165) is 11.1 Å². The van der Waals surface area contributed by atoms with Crippen LogP contribution in [0.2, 0.25) is 0 Å². The van der Waals surface area contributed by atoms with Gasteiger partial charge in [-0.25, -0.2) is 0 Å². The highest BCUT2D eigenvalue weighted by atomic mass is 16.5. The largest absolute Gasteiger partial charge is 0.350 e. The lowest BCUT2D eigenvalue weighted by Crippen LogP contribution is -2.13. The van der Waals surface area contributed by atoms with Crippen LogP contribution in [-0.2, 0) is 4.74 Å². The van der Waals surface area contributed by atoms with Gasteiger partial charge in [0, 0.05) is 11.1 Å². The molecule has 0 N–H and O–H groups in total. The van der Waals surface area contributed by atoms with Crippen LogP contribution in [-0.4, -0.2) is 12.2 Å². The molecule has 2 unspecified atom stereocenters. The smallest absolute Gasteiger partial charge is 0.117 e. The van der Waals surface area contributed by atoms with Gasteiger partial charge in [0.1, 0.15) is 12.2 Å². The molecule has 2 aromatic carbocycles. The fourth-order valence-corrected chi connectivity index (χ4v) is 1.79. The van der Waals surface area contributed by atoms with Crippen LogP contribution in [0.25, 0.3) is 0 Å². The van der Waals surface area contributed by atoms with Crippen molar-refractivity contribution in [3.63, 3.8) is 0 Å². The number of hydrogen-bond donors (Lipinski definition) is 0. The summed E-state index contributed by atoms with van der Waals surface area (Å²) >= 11 is 0. The Morgan fingerprint density at radius 3 is 1.43 bits per heavy atom. The van der Waals surface area contributed by atoms with Crippen molar-refractivity contribution in [1.29, 1.82) is 0 Å². The van der Waals surface area contributed by atoms with Gasteiger partial charge in [-0.1, -0.05) is 60.1 Å². The average molecular weight is 274 g/mol. The molecule has 0 radical (unpaired) electrons. The maximum Gasteiger partial charge on any atom is 0.117 e. The van der Waals surface area contributed by atoms with Crippen molar-refractivity contribution < 1.29 is 4.74 Å². The van der Waals surface area contributed by atoms with E-state index in [1.807, 2.05) is 74.5 Å². The van der Waals surface area contributed by atoms with E-state index in [0.29, 0.717) is 0 Å². The van der Waals surface area contributed by atoms with Crippen molar-refractivity contribution in [2.75, 3.05) is 0 Å². The Kier molecular flexibility index (Phi) is 5.65. The minimum atomic E-state index is -0.148. The maximum atomic E-state index is 5.75. The summed E-state index contributed by atoms with van der Waals surface area (Å²) in [6, 6.07) is 19.8. The zero-order chi connectivity index (χ0) is 14.9. The lowest BCUT2D eigenvalue weighted by atomic mass is 10.2. The Hall–Kier alpha value is -2.48. The highest BCUT2D eigenvalue weighted by Crippen LogP contribution is 2.00. The van der Waals surface area contributed by atoms with Gasteiger partial charge in [-0.3, -0.25) is 0 Å². The fourth-order valence-electron chi connectivity index (χ4n) is 1.79. The minimum absolute atomic E-state index is 0.148. The molecular weight excluding hydrogens is 256 g/mol. The second-order valence-corrected chi connectivity index (χ2v) is 4.69. The molecule has 0 aromatic heterocycles. The predicted molar refractivity (Wildman–Crippen MR) is 86.6 cm³/mol. The van der Waals surface area contributed by atoms with Crippen LogP contribution in [0.3, 0.4) is 0 Å². The first-order chi connectivity index (χ1) is 10.2. The quantitative estimate of drug-likeness (QED) is 0.755. The summed E-state index contributed by atoms with van der Waals surface area (Å²) in [6.45, 7) is 3.88. The molecule has 1 heteroatoms. The molecule has 2 aromatic rings. The minimum Gasteiger partial charge on any atom is -0.350 e. The van der Waals surface area contributed by atoms with Gasteiger partial charge in [0.25, 0.3) is 0 Å². The predicted octanol–water partition coefficient (Wildman–Crippen LogP) is 3.88. The first kappa shape index (κ1) is 14.9. The zero-order valence-electron chi connectivity index (χ0n) is 12.3. The highest BCUT2D eigenvalue weighted by Gasteiger charge is 2.02. The Bertz CT molecular complexity index is 604. The van der Waals surface area contributed by atoms with Crippen LogP contribution >= 0.6 is 0 Å². The first-order valence-electron chi connectivity index (χ1n) is 7.02. The molecule has 21 heavy (non-hydrogen) atoms. The Morgan fingerprint density at radius 2 is 1.05 bits per heavy atom. The topological polar surface area (TPSA) is 9.23 Å². The molecule has 0 spiro atoms. The number of ether oxygens (including phenoxy) is 1. The van der Waals surface area contributed by atoms with Gasteiger partial charge in [0.2, 0.25) is 0 Å². The number of hydrogen-bond acceptors (Lipinski definition) is 1. The maximum absolute atomic E-state index is 5.75. The van der Waals surface area contributed by atoms with Gasteiger partial charge in [-0.15, -0.1) is 0 Å². The monoisotopic (exact) mass is 274 g/mol. The van der Waals surface area contributed by atoms with Crippen molar-refractivity contribution in [3.05, 3.63) is 71.8 Å². The molecule has 0 aliphatic rings. The summed E-state index contributed by atoms with van der Waals surface area (Å²) in [5.74, 6) is 12.4. The Labute approximate surface area is 127 Å². The summed E-state index contributed by atoms with van der Waals surface area (Å²) in [6.07, 6.45) is -0.296. The van der Waals surface area contributed by atoms with Crippen molar-refractivity contribution in [2.45, 2.75) is 26.1 Å². The SMILES string of the molecule is CC(C#Cc1ccccc1)OC(C)C#Cc1ccccc1. The second kappa shape index (κ2) is 7.95. The molecule has 0 bridgehead atoms. The molecule has 2 rings (SSSR count). The Balaban J connectivity index is 1.90. The Morgan fingerprint density at radius 1 is 0.667 bits per heavy atom. The van der Waals surface area contributed by atoms with E-state index in [9.17, 15) is 0 Å². The molecule has 104 valence electrons. The average Bonchev–Trinajstić information content (AvgIpc) is 2.53. The van der Waals surface area contributed by atoms with E-state index in [1.54, 1.807) is 0 Å². The molecule has 0 amide bonds. The van der Waals surface area contributed by atoms with Gasteiger partial charge in [-0.2, -0.15) is 0 Å². The van der Waals surface area contributed by atoms with E-state index in [2.05, 4.69) is 23.7 Å². The lowest BCUT2D eigenvalue weighted by Gasteiger charge is -2.09.